The van der Waals surface area contributed by atoms with E-state index in [0.717, 1.165) is 0 Å². The van der Waals surface area contributed by atoms with E-state index in [2.05, 4.69) is 10.3 Å². The van der Waals surface area contributed by atoms with Crippen molar-refractivity contribution in [2.75, 3.05) is 26.9 Å². The summed E-state index contributed by atoms with van der Waals surface area (Å²) in [6.45, 7) is 0.792. The third-order valence-electron chi connectivity index (χ3n) is 2.22. The minimum Gasteiger partial charge on any atom is -0.481 e. The van der Waals surface area contributed by atoms with E-state index >= 15 is 0 Å². The second-order valence-corrected chi connectivity index (χ2v) is 3.66. The van der Waals surface area contributed by atoms with E-state index in [-0.39, 0.29) is 23.8 Å². The van der Waals surface area contributed by atoms with Crippen LogP contribution in [-0.4, -0.2) is 48.8 Å². The Kier molecular flexibility index (Phi) is 6.31. The minimum atomic E-state index is -1.13. The standard InChI is InChI=1S/C12H16N2O5/c1-18-6-2-4-14-11(15)8-19-10-7-13-5-3-9(10)12(16)17/h3,5,7H,2,4,6,8H2,1H3,(H,14,15)(H,16,17). The smallest absolute Gasteiger partial charge is 0.339 e. The van der Waals surface area contributed by atoms with Gasteiger partial charge < -0.3 is 19.9 Å². The molecule has 1 aromatic heterocycles. The number of methoxy groups -OCH3 is 1. The molecule has 0 unspecified atom stereocenters. The maximum absolute atomic E-state index is 11.4. The van der Waals surface area contributed by atoms with Crippen molar-refractivity contribution in [1.29, 1.82) is 0 Å². The van der Waals surface area contributed by atoms with Crippen LogP contribution in [0.4, 0.5) is 0 Å². The molecule has 7 heteroatoms. The Morgan fingerprint density at radius 1 is 1.47 bits per heavy atom. The normalized spacial score (nSPS) is 9.95. The molecule has 0 atom stereocenters. The van der Waals surface area contributed by atoms with Crippen LogP contribution >= 0.6 is 0 Å². The molecule has 0 bridgehead atoms. The molecule has 0 aliphatic heterocycles. The Hall–Kier alpha value is -2.15. The molecular formula is C12H16N2O5. The second kappa shape index (κ2) is 8.04. The van der Waals surface area contributed by atoms with Gasteiger partial charge in [-0.2, -0.15) is 0 Å². The van der Waals surface area contributed by atoms with Crippen molar-refractivity contribution in [2.24, 2.45) is 0 Å². The number of amides is 1. The molecule has 0 saturated heterocycles. The molecule has 0 spiro atoms. The van der Waals surface area contributed by atoms with Crippen LogP contribution in [0.2, 0.25) is 0 Å². The van der Waals surface area contributed by atoms with Crippen LogP contribution in [-0.2, 0) is 9.53 Å². The zero-order valence-corrected chi connectivity index (χ0v) is 10.6. The van der Waals surface area contributed by atoms with Crippen LogP contribution in [0.15, 0.2) is 18.5 Å². The van der Waals surface area contributed by atoms with Gasteiger partial charge in [-0.05, 0) is 12.5 Å². The lowest BCUT2D eigenvalue weighted by molar-refractivity contribution is -0.123. The van der Waals surface area contributed by atoms with E-state index in [0.29, 0.717) is 19.6 Å². The summed E-state index contributed by atoms with van der Waals surface area (Å²) in [5.74, 6) is -1.38. The molecule has 1 rings (SSSR count). The Bertz CT molecular complexity index is 436. The molecular weight excluding hydrogens is 252 g/mol. The van der Waals surface area contributed by atoms with Crippen molar-refractivity contribution in [3.8, 4) is 5.75 Å². The molecule has 0 saturated carbocycles. The van der Waals surface area contributed by atoms with Gasteiger partial charge in [0.05, 0.1) is 6.20 Å². The van der Waals surface area contributed by atoms with Gasteiger partial charge >= 0.3 is 5.97 Å². The van der Waals surface area contributed by atoms with E-state index in [1.165, 1.54) is 18.5 Å². The highest BCUT2D eigenvalue weighted by Gasteiger charge is 2.12. The first kappa shape index (κ1) is 14.9. The van der Waals surface area contributed by atoms with Gasteiger partial charge in [-0.15, -0.1) is 0 Å². The second-order valence-electron chi connectivity index (χ2n) is 3.66. The largest absolute Gasteiger partial charge is 0.481 e. The molecule has 19 heavy (non-hydrogen) atoms. The molecule has 7 nitrogen and oxygen atoms in total. The fourth-order valence-corrected chi connectivity index (χ4v) is 1.31. The van der Waals surface area contributed by atoms with Crippen LogP contribution in [0.5, 0.6) is 5.75 Å². The lowest BCUT2D eigenvalue weighted by atomic mass is 10.2. The number of ether oxygens (including phenoxy) is 2. The molecule has 0 aliphatic rings. The first-order chi connectivity index (χ1) is 9.15. The molecule has 0 fully saturated rings. The maximum Gasteiger partial charge on any atom is 0.339 e. The molecule has 0 radical (unpaired) electrons. The van der Waals surface area contributed by atoms with Gasteiger partial charge in [0.15, 0.2) is 12.4 Å². The number of rotatable bonds is 8. The van der Waals surface area contributed by atoms with Gasteiger partial charge in [0.25, 0.3) is 5.91 Å². The monoisotopic (exact) mass is 268 g/mol. The van der Waals surface area contributed by atoms with Crippen molar-refractivity contribution in [1.82, 2.24) is 10.3 Å². The number of hydrogen-bond donors (Lipinski definition) is 2. The van der Waals surface area contributed by atoms with Crippen LogP contribution in [0.1, 0.15) is 16.8 Å². The summed E-state index contributed by atoms with van der Waals surface area (Å²) in [5, 5.41) is 11.5. The lowest BCUT2D eigenvalue weighted by Crippen LogP contribution is -2.30. The van der Waals surface area contributed by atoms with E-state index in [1.807, 2.05) is 0 Å². The summed E-state index contributed by atoms with van der Waals surface area (Å²) in [6, 6.07) is 1.31. The van der Waals surface area contributed by atoms with Gasteiger partial charge in [-0.25, -0.2) is 4.79 Å². The fourth-order valence-electron chi connectivity index (χ4n) is 1.31. The summed E-state index contributed by atoms with van der Waals surface area (Å²) >= 11 is 0. The zero-order chi connectivity index (χ0) is 14.1. The maximum atomic E-state index is 11.4. The number of aromatic nitrogens is 1. The number of pyridine rings is 1. The molecule has 104 valence electrons. The summed E-state index contributed by atoms with van der Waals surface area (Å²) < 4.78 is 9.97. The SMILES string of the molecule is COCCCNC(=O)COc1cnccc1C(=O)O. The van der Waals surface area contributed by atoms with E-state index in [9.17, 15) is 9.59 Å². The highest BCUT2D eigenvalue weighted by atomic mass is 16.5. The Labute approximate surface area is 110 Å². The van der Waals surface area contributed by atoms with Gasteiger partial charge in [0.2, 0.25) is 0 Å². The number of carbonyl (C=O) groups is 2. The summed E-state index contributed by atoms with van der Waals surface area (Å²) in [4.78, 5) is 26.1. The van der Waals surface area contributed by atoms with Crippen molar-refractivity contribution in [3.63, 3.8) is 0 Å². The number of carboxylic acid groups (broad SMARTS) is 1. The number of hydrogen-bond acceptors (Lipinski definition) is 5. The van der Waals surface area contributed by atoms with Crippen molar-refractivity contribution in [2.45, 2.75) is 6.42 Å². The number of nitrogens with one attached hydrogen (secondary N) is 1. The van der Waals surface area contributed by atoms with Crippen molar-refractivity contribution < 1.29 is 24.2 Å². The van der Waals surface area contributed by atoms with Gasteiger partial charge in [0.1, 0.15) is 5.56 Å². The first-order valence-electron chi connectivity index (χ1n) is 5.71. The predicted molar refractivity (Wildman–Crippen MR) is 66.2 cm³/mol. The summed E-state index contributed by atoms with van der Waals surface area (Å²) in [6.07, 6.45) is 3.32. The Morgan fingerprint density at radius 2 is 2.26 bits per heavy atom. The minimum absolute atomic E-state index is 0.0258. The van der Waals surface area contributed by atoms with Gasteiger partial charge in [0, 0.05) is 26.5 Å². The van der Waals surface area contributed by atoms with E-state index in [4.69, 9.17) is 14.6 Å². The zero-order valence-electron chi connectivity index (χ0n) is 10.6. The first-order valence-corrected chi connectivity index (χ1v) is 5.71. The molecule has 0 aromatic carbocycles. The summed E-state index contributed by atoms with van der Waals surface area (Å²) in [7, 11) is 1.58. The Balaban J connectivity index is 2.40. The van der Waals surface area contributed by atoms with Crippen LogP contribution in [0, 0.1) is 0 Å². The highest BCUT2D eigenvalue weighted by Crippen LogP contribution is 2.15. The number of carbonyl (C=O) groups excluding carboxylic acids is 1. The topological polar surface area (TPSA) is 97.8 Å². The lowest BCUT2D eigenvalue weighted by Gasteiger charge is -2.08. The number of carboxylic acids is 1. The fraction of sp³-hybridized carbons (Fsp3) is 0.417. The summed E-state index contributed by atoms with van der Waals surface area (Å²) in [5.41, 5.74) is -0.0258. The highest BCUT2D eigenvalue weighted by molar-refractivity contribution is 5.90. The van der Waals surface area contributed by atoms with Crippen LogP contribution in [0.3, 0.4) is 0 Å². The van der Waals surface area contributed by atoms with Crippen molar-refractivity contribution >= 4 is 11.9 Å². The van der Waals surface area contributed by atoms with Crippen LogP contribution in [0.25, 0.3) is 0 Å². The number of aromatic carboxylic acids is 1. The van der Waals surface area contributed by atoms with Gasteiger partial charge in [-0.3, -0.25) is 9.78 Å². The van der Waals surface area contributed by atoms with E-state index < -0.39 is 5.97 Å². The Morgan fingerprint density at radius 3 is 2.95 bits per heavy atom. The number of nitrogens with zero attached hydrogens (tertiary/aromatic N) is 1. The third-order valence-corrected chi connectivity index (χ3v) is 2.22. The molecule has 2 N–H and O–H groups in total. The van der Waals surface area contributed by atoms with Gasteiger partial charge in [-0.1, -0.05) is 0 Å². The average molecular weight is 268 g/mol. The quantitative estimate of drug-likeness (QED) is 0.658. The molecule has 1 heterocycles. The van der Waals surface area contributed by atoms with E-state index in [1.54, 1.807) is 7.11 Å². The molecule has 0 aliphatic carbocycles. The molecule has 1 aromatic rings. The predicted octanol–water partition coefficient (Wildman–Crippen LogP) is 0.311. The van der Waals surface area contributed by atoms with Crippen molar-refractivity contribution in [3.05, 3.63) is 24.0 Å². The average Bonchev–Trinajstić information content (AvgIpc) is 2.41. The third kappa shape index (κ3) is 5.35. The van der Waals surface area contributed by atoms with Crippen LogP contribution < -0.4 is 10.1 Å². The molecule has 1 amide bonds.